The summed E-state index contributed by atoms with van der Waals surface area (Å²) in [6.07, 6.45) is 1.52. The third-order valence-electron chi connectivity index (χ3n) is 3.30. The first kappa shape index (κ1) is 12.5. The van der Waals surface area contributed by atoms with E-state index < -0.39 is 0 Å². The van der Waals surface area contributed by atoms with Gasteiger partial charge in [0.05, 0.1) is 12.1 Å². The zero-order valence-corrected chi connectivity index (χ0v) is 10.7. The SMILES string of the molecule is NCc1cccc(CN2C(=O)c3cccnc3C2=O)c1. The standard InChI is InChI=1S/C15H13N3O2/c16-8-10-3-1-4-11(7-10)9-18-14(19)12-5-2-6-17-13(12)15(18)20/h1-7H,8-9,16H2. The van der Waals surface area contributed by atoms with Crippen LogP contribution in [0.3, 0.4) is 0 Å². The molecule has 0 fully saturated rings. The molecule has 2 heterocycles. The van der Waals surface area contributed by atoms with Crippen LogP contribution in [0.1, 0.15) is 32.0 Å². The summed E-state index contributed by atoms with van der Waals surface area (Å²) in [7, 11) is 0. The maximum Gasteiger partial charge on any atom is 0.280 e. The van der Waals surface area contributed by atoms with Gasteiger partial charge in [0, 0.05) is 12.7 Å². The average molecular weight is 267 g/mol. The Kier molecular flexibility index (Phi) is 3.04. The molecular formula is C15H13N3O2. The van der Waals surface area contributed by atoms with E-state index in [2.05, 4.69) is 4.98 Å². The molecule has 0 spiro atoms. The number of fused-ring (bicyclic) bond motifs is 1. The Balaban J connectivity index is 1.89. The van der Waals surface area contributed by atoms with Gasteiger partial charge in [-0.2, -0.15) is 0 Å². The van der Waals surface area contributed by atoms with E-state index in [0.29, 0.717) is 12.1 Å². The van der Waals surface area contributed by atoms with Gasteiger partial charge in [-0.3, -0.25) is 19.5 Å². The molecule has 1 aromatic carbocycles. The van der Waals surface area contributed by atoms with Crippen LogP contribution >= 0.6 is 0 Å². The highest BCUT2D eigenvalue weighted by atomic mass is 16.2. The van der Waals surface area contributed by atoms with E-state index in [0.717, 1.165) is 11.1 Å². The highest BCUT2D eigenvalue weighted by Gasteiger charge is 2.36. The molecule has 1 aliphatic rings. The lowest BCUT2D eigenvalue weighted by molar-refractivity contribution is 0.0640. The third kappa shape index (κ3) is 1.98. The van der Waals surface area contributed by atoms with Crippen molar-refractivity contribution in [3.63, 3.8) is 0 Å². The van der Waals surface area contributed by atoms with Gasteiger partial charge in [0.25, 0.3) is 11.8 Å². The van der Waals surface area contributed by atoms with E-state index in [-0.39, 0.29) is 24.1 Å². The summed E-state index contributed by atoms with van der Waals surface area (Å²) >= 11 is 0. The lowest BCUT2D eigenvalue weighted by Crippen LogP contribution is -2.29. The van der Waals surface area contributed by atoms with Gasteiger partial charge in [0.2, 0.25) is 0 Å². The van der Waals surface area contributed by atoms with Gasteiger partial charge in [-0.1, -0.05) is 24.3 Å². The number of hydrogen-bond donors (Lipinski definition) is 1. The maximum absolute atomic E-state index is 12.2. The molecule has 20 heavy (non-hydrogen) atoms. The van der Waals surface area contributed by atoms with Crippen molar-refractivity contribution in [1.29, 1.82) is 0 Å². The molecular weight excluding hydrogens is 254 g/mol. The lowest BCUT2D eigenvalue weighted by atomic mass is 10.1. The minimum atomic E-state index is -0.344. The van der Waals surface area contributed by atoms with Crippen molar-refractivity contribution in [2.24, 2.45) is 5.73 Å². The Morgan fingerprint density at radius 2 is 1.85 bits per heavy atom. The monoisotopic (exact) mass is 267 g/mol. The van der Waals surface area contributed by atoms with Crippen molar-refractivity contribution in [3.8, 4) is 0 Å². The van der Waals surface area contributed by atoms with Crippen molar-refractivity contribution in [2.45, 2.75) is 13.1 Å². The van der Waals surface area contributed by atoms with E-state index >= 15 is 0 Å². The van der Waals surface area contributed by atoms with Gasteiger partial charge in [0.1, 0.15) is 5.69 Å². The zero-order chi connectivity index (χ0) is 14.1. The molecule has 2 N–H and O–H groups in total. The number of nitrogens with two attached hydrogens (primary N) is 1. The topological polar surface area (TPSA) is 76.3 Å². The maximum atomic E-state index is 12.2. The average Bonchev–Trinajstić information content (AvgIpc) is 2.73. The highest BCUT2D eigenvalue weighted by Crippen LogP contribution is 2.22. The predicted octanol–water partition coefficient (Wildman–Crippen LogP) is 1.34. The van der Waals surface area contributed by atoms with Crippen LogP contribution in [0.4, 0.5) is 0 Å². The van der Waals surface area contributed by atoms with Crippen molar-refractivity contribution in [3.05, 3.63) is 65.0 Å². The number of carbonyl (C=O) groups is 2. The number of hydrogen-bond acceptors (Lipinski definition) is 4. The van der Waals surface area contributed by atoms with Gasteiger partial charge < -0.3 is 5.73 Å². The molecule has 0 aliphatic carbocycles. The van der Waals surface area contributed by atoms with E-state index in [9.17, 15) is 9.59 Å². The molecule has 0 unspecified atom stereocenters. The van der Waals surface area contributed by atoms with E-state index in [4.69, 9.17) is 5.73 Å². The molecule has 0 saturated heterocycles. The van der Waals surface area contributed by atoms with Gasteiger partial charge in [-0.15, -0.1) is 0 Å². The van der Waals surface area contributed by atoms with Crippen LogP contribution in [0.2, 0.25) is 0 Å². The molecule has 2 aromatic rings. The van der Waals surface area contributed by atoms with E-state index in [1.54, 1.807) is 12.1 Å². The van der Waals surface area contributed by atoms with Crippen LogP contribution in [0.5, 0.6) is 0 Å². The van der Waals surface area contributed by atoms with Crippen LogP contribution in [-0.4, -0.2) is 21.7 Å². The smallest absolute Gasteiger partial charge is 0.280 e. The quantitative estimate of drug-likeness (QED) is 0.851. The first-order valence-electron chi connectivity index (χ1n) is 6.30. The molecule has 1 aromatic heterocycles. The number of pyridine rings is 1. The minimum absolute atomic E-state index is 0.229. The Bertz CT molecular complexity index is 662. The Labute approximate surface area is 116 Å². The van der Waals surface area contributed by atoms with E-state index in [1.807, 2.05) is 24.3 Å². The summed E-state index contributed by atoms with van der Waals surface area (Å²) in [5, 5.41) is 0. The van der Waals surface area contributed by atoms with Crippen molar-refractivity contribution in [1.82, 2.24) is 9.88 Å². The molecule has 0 saturated carbocycles. The first-order chi connectivity index (χ1) is 9.70. The molecule has 5 heteroatoms. The molecule has 0 radical (unpaired) electrons. The van der Waals surface area contributed by atoms with Gasteiger partial charge in [-0.05, 0) is 23.3 Å². The number of benzene rings is 1. The number of aromatic nitrogens is 1. The minimum Gasteiger partial charge on any atom is -0.326 e. The molecule has 1 aliphatic heterocycles. The summed E-state index contributed by atoms with van der Waals surface area (Å²) in [6, 6.07) is 10.8. The fourth-order valence-electron chi connectivity index (χ4n) is 2.29. The highest BCUT2D eigenvalue weighted by molar-refractivity contribution is 6.20. The lowest BCUT2D eigenvalue weighted by Gasteiger charge is -2.14. The first-order valence-corrected chi connectivity index (χ1v) is 6.30. The van der Waals surface area contributed by atoms with Crippen LogP contribution in [0.15, 0.2) is 42.6 Å². The second-order valence-electron chi connectivity index (χ2n) is 4.62. The van der Waals surface area contributed by atoms with Crippen LogP contribution in [0.25, 0.3) is 0 Å². The third-order valence-corrected chi connectivity index (χ3v) is 3.30. The Morgan fingerprint density at radius 3 is 2.60 bits per heavy atom. The number of carbonyl (C=O) groups excluding carboxylic acids is 2. The Morgan fingerprint density at radius 1 is 1.05 bits per heavy atom. The molecule has 0 atom stereocenters. The summed E-state index contributed by atoms with van der Waals surface area (Å²) in [6.45, 7) is 0.666. The number of rotatable bonds is 3. The summed E-state index contributed by atoms with van der Waals surface area (Å²) in [4.78, 5) is 29.6. The normalized spacial score (nSPS) is 13.8. The van der Waals surface area contributed by atoms with Crippen LogP contribution < -0.4 is 5.73 Å². The van der Waals surface area contributed by atoms with Crippen molar-refractivity contribution < 1.29 is 9.59 Å². The molecule has 5 nitrogen and oxygen atoms in total. The number of nitrogens with zero attached hydrogens (tertiary/aromatic N) is 2. The largest absolute Gasteiger partial charge is 0.326 e. The van der Waals surface area contributed by atoms with Gasteiger partial charge >= 0.3 is 0 Å². The number of amides is 2. The van der Waals surface area contributed by atoms with Crippen molar-refractivity contribution >= 4 is 11.8 Å². The second-order valence-corrected chi connectivity index (χ2v) is 4.62. The molecule has 2 amide bonds. The molecule has 0 bridgehead atoms. The fraction of sp³-hybridized carbons (Fsp3) is 0.133. The molecule has 100 valence electrons. The van der Waals surface area contributed by atoms with Crippen molar-refractivity contribution in [2.75, 3.05) is 0 Å². The predicted molar refractivity (Wildman–Crippen MR) is 72.8 cm³/mol. The molecule has 3 rings (SSSR count). The van der Waals surface area contributed by atoms with E-state index in [1.165, 1.54) is 11.1 Å². The summed E-state index contributed by atoms with van der Waals surface area (Å²) in [5.74, 6) is -0.639. The summed E-state index contributed by atoms with van der Waals surface area (Å²) in [5.41, 5.74) is 8.04. The van der Waals surface area contributed by atoms with Gasteiger partial charge in [-0.25, -0.2) is 0 Å². The zero-order valence-electron chi connectivity index (χ0n) is 10.7. The Hall–Kier alpha value is -2.53. The van der Waals surface area contributed by atoms with Crippen LogP contribution in [-0.2, 0) is 13.1 Å². The fourth-order valence-corrected chi connectivity index (χ4v) is 2.29. The van der Waals surface area contributed by atoms with Crippen LogP contribution in [0, 0.1) is 0 Å². The van der Waals surface area contributed by atoms with Gasteiger partial charge in [0.15, 0.2) is 0 Å². The second kappa shape index (κ2) is 4.86. The summed E-state index contributed by atoms with van der Waals surface area (Å²) < 4.78 is 0. The number of imide groups is 1.